The summed E-state index contributed by atoms with van der Waals surface area (Å²) in [5.74, 6) is 0.735. The molecule has 2 nitrogen and oxygen atoms in total. The Kier molecular flexibility index (Phi) is 6.80. The maximum absolute atomic E-state index is 13.6. The molecular weight excluding hydrogens is 251 g/mol. The van der Waals surface area contributed by atoms with Gasteiger partial charge in [-0.1, -0.05) is 25.8 Å². The number of ether oxygens (including phenoxy) is 1. The highest BCUT2D eigenvalue weighted by Gasteiger charge is 2.11. The first kappa shape index (κ1) is 15.0. The van der Waals surface area contributed by atoms with E-state index in [1.54, 1.807) is 17.8 Å². The van der Waals surface area contributed by atoms with E-state index < -0.39 is 11.8 Å². The number of halogens is 1. The zero-order valence-electron chi connectivity index (χ0n) is 10.9. The van der Waals surface area contributed by atoms with Gasteiger partial charge in [-0.25, -0.2) is 9.18 Å². The van der Waals surface area contributed by atoms with Crippen LogP contribution in [0.15, 0.2) is 18.2 Å². The van der Waals surface area contributed by atoms with Crippen LogP contribution < -0.4 is 0 Å². The number of carbonyl (C=O) groups is 1. The van der Waals surface area contributed by atoms with Crippen molar-refractivity contribution in [3.05, 3.63) is 35.1 Å². The topological polar surface area (TPSA) is 26.3 Å². The summed E-state index contributed by atoms with van der Waals surface area (Å²) in [4.78, 5) is 11.2. The van der Waals surface area contributed by atoms with Gasteiger partial charge in [0.15, 0.2) is 0 Å². The van der Waals surface area contributed by atoms with Crippen molar-refractivity contribution in [3.63, 3.8) is 0 Å². The minimum atomic E-state index is -0.630. The molecule has 0 unspecified atom stereocenters. The molecule has 4 heteroatoms. The lowest BCUT2D eigenvalue weighted by molar-refractivity contribution is 0.0595. The summed E-state index contributed by atoms with van der Waals surface area (Å²) in [6.07, 6.45) is 3.65. The molecule has 100 valence electrons. The Morgan fingerprint density at radius 1 is 1.39 bits per heavy atom. The predicted molar refractivity (Wildman–Crippen MR) is 73.4 cm³/mol. The third-order valence-electron chi connectivity index (χ3n) is 2.60. The molecule has 0 heterocycles. The van der Waals surface area contributed by atoms with Crippen LogP contribution in [0.25, 0.3) is 0 Å². The summed E-state index contributed by atoms with van der Waals surface area (Å²) in [5, 5.41) is 0. The highest BCUT2D eigenvalue weighted by molar-refractivity contribution is 7.98. The Bertz CT molecular complexity index is 393. The monoisotopic (exact) mass is 270 g/mol. The maximum atomic E-state index is 13.6. The van der Waals surface area contributed by atoms with E-state index in [0.717, 1.165) is 17.1 Å². The SMILES string of the molecule is CCCCCSCc1ccc(C(=O)OC)c(F)c1. The van der Waals surface area contributed by atoms with Gasteiger partial charge in [0.2, 0.25) is 0 Å². The Hall–Kier alpha value is -1.03. The molecule has 0 saturated carbocycles. The average molecular weight is 270 g/mol. The molecule has 0 aliphatic heterocycles. The number of methoxy groups -OCH3 is 1. The molecule has 1 aromatic carbocycles. The number of rotatable bonds is 7. The molecule has 0 fully saturated rings. The van der Waals surface area contributed by atoms with Gasteiger partial charge in [-0.3, -0.25) is 0 Å². The van der Waals surface area contributed by atoms with Crippen LogP contribution in [0.2, 0.25) is 0 Å². The molecule has 0 bridgehead atoms. The number of thioether (sulfide) groups is 1. The molecule has 0 radical (unpaired) electrons. The zero-order valence-corrected chi connectivity index (χ0v) is 11.7. The Morgan fingerprint density at radius 3 is 2.78 bits per heavy atom. The number of unbranched alkanes of at least 4 members (excludes halogenated alkanes) is 2. The maximum Gasteiger partial charge on any atom is 0.340 e. The van der Waals surface area contributed by atoms with Crippen LogP contribution in [0, 0.1) is 5.82 Å². The zero-order chi connectivity index (χ0) is 13.4. The van der Waals surface area contributed by atoms with Crippen LogP contribution in [0.1, 0.15) is 42.1 Å². The van der Waals surface area contributed by atoms with Gasteiger partial charge in [0.05, 0.1) is 12.7 Å². The van der Waals surface area contributed by atoms with Gasteiger partial charge in [0.1, 0.15) is 5.82 Å². The van der Waals surface area contributed by atoms with Gasteiger partial charge in [-0.2, -0.15) is 11.8 Å². The molecule has 1 rings (SSSR count). The number of carbonyl (C=O) groups excluding carboxylic acids is 1. The Balaban J connectivity index is 2.49. The predicted octanol–water partition coefficient (Wildman–Crippen LogP) is 4.04. The van der Waals surface area contributed by atoms with Crippen LogP contribution in [0.5, 0.6) is 0 Å². The summed E-state index contributed by atoms with van der Waals surface area (Å²) in [7, 11) is 1.25. The third kappa shape index (κ3) is 4.69. The van der Waals surface area contributed by atoms with Crippen LogP contribution in [0.4, 0.5) is 4.39 Å². The number of hydrogen-bond donors (Lipinski definition) is 0. The van der Waals surface area contributed by atoms with Gasteiger partial charge in [-0.15, -0.1) is 0 Å². The molecule has 1 aromatic rings. The fourth-order valence-corrected chi connectivity index (χ4v) is 2.54. The minimum absolute atomic E-state index is 0.00256. The summed E-state index contributed by atoms with van der Waals surface area (Å²) in [6, 6.07) is 4.68. The van der Waals surface area contributed by atoms with E-state index >= 15 is 0 Å². The van der Waals surface area contributed by atoms with Crippen molar-refractivity contribution in [2.24, 2.45) is 0 Å². The highest BCUT2D eigenvalue weighted by Crippen LogP contribution is 2.17. The summed E-state index contributed by atoms with van der Waals surface area (Å²) < 4.78 is 18.1. The average Bonchev–Trinajstić information content (AvgIpc) is 2.38. The summed E-state index contributed by atoms with van der Waals surface area (Å²) in [6.45, 7) is 2.17. The van der Waals surface area contributed by atoms with E-state index in [0.29, 0.717) is 0 Å². The van der Waals surface area contributed by atoms with Crippen molar-refractivity contribution in [3.8, 4) is 0 Å². The summed E-state index contributed by atoms with van der Waals surface area (Å²) >= 11 is 1.79. The minimum Gasteiger partial charge on any atom is -0.465 e. The lowest BCUT2D eigenvalue weighted by Crippen LogP contribution is -2.04. The van der Waals surface area contributed by atoms with Crippen molar-refractivity contribution in [2.45, 2.75) is 31.9 Å². The molecule has 0 atom stereocenters. The Labute approximate surface area is 112 Å². The first-order valence-electron chi connectivity index (χ1n) is 6.13. The van der Waals surface area contributed by atoms with E-state index in [9.17, 15) is 9.18 Å². The number of benzene rings is 1. The molecule has 0 spiro atoms. The second-order valence-corrected chi connectivity index (χ2v) is 5.17. The number of esters is 1. The fourth-order valence-electron chi connectivity index (χ4n) is 1.57. The standard InChI is InChI=1S/C14H19FO2S/c1-3-4-5-8-18-10-11-6-7-12(13(15)9-11)14(16)17-2/h6-7,9H,3-5,8,10H2,1-2H3. The van der Waals surface area contributed by atoms with Crippen LogP contribution in [0.3, 0.4) is 0 Å². The molecule has 0 aromatic heterocycles. The van der Waals surface area contributed by atoms with Crippen molar-refractivity contribution in [1.82, 2.24) is 0 Å². The largest absolute Gasteiger partial charge is 0.465 e. The van der Waals surface area contributed by atoms with E-state index in [1.165, 1.54) is 38.5 Å². The van der Waals surface area contributed by atoms with Gasteiger partial charge in [0.25, 0.3) is 0 Å². The van der Waals surface area contributed by atoms with E-state index in [4.69, 9.17) is 0 Å². The molecule has 18 heavy (non-hydrogen) atoms. The van der Waals surface area contributed by atoms with Crippen LogP contribution in [-0.2, 0) is 10.5 Å². The number of hydrogen-bond acceptors (Lipinski definition) is 3. The van der Waals surface area contributed by atoms with Crippen molar-refractivity contribution in [1.29, 1.82) is 0 Å². The summed E-state index contributed by atoms with van der Waals surface area (Å²) in [5.41, 5.74) is 0.902. The molecule has 0 aliphatic rings. The molecule has 0 N–H and O–H groups in total. The van der Waals surface area contributed by atoms with Gasteiger partial charge < -0.3 is 4.74 Å². The third-order valence-corrected chi connectivity index (χ3v) is 3.71. The molecular formula is C14H19FO2S. The van der Waals surface area contributed by atoms with E-state index in [-0.39, 0.29) is 5.56 Å². The van der Waals surface area contributed by atoms with Gasteiger partial charge in [0, 0.05) is 5.75 Å². The smallest absolute Gasteiger partial charge is 0.340 e. The Morgan fingerprint density at radius 2 is 2.17 bits per heavy atom. The fraction of sp³-hybridized carbons (Fsp3) is 0.500. The molecule has 0 saturated heterocycles. The van der Waals surface area contributed by atoms with E-state index in [1.807, 2.05) is 0 Å². The molecule has 0 amide bonds. The second-order valence-electron chi connectivity index (χ2n) is 4.07. The first-order chi connectivity index (χ1) is 8.69. The lowest BCUT2D eigenvalue weighted by Gasteiger charge is -2.05. The van der Waals surface area contributed by atoms with Crippen molar-refractivity contribution >= 4 is 17.7 Å². The van der Waals surface area contributed by atoms with Crippen molar-refractivity contribution < 1.29 is 13.9 Å². The lowest BCUT2D eigenvalue weighted by atomic mass is 10.1. The quantitative estimate of drug-likeness (QED) is 0.552. The normalized spacial score (nSPS) is 10.4. The van der Waals surface area contributed by atoms with Crippen LogP contribution >= 0.6 is 11.8 Å². The second kappa shape index (κ2) is 8.14. The highest BCUT2D eigenvalue weighted by atomic mass is 32.2. The van der Waals surface area contributed by atoms with Crippen molar-refractivity contribution in [2.75, 3.05) is 12.9 Å². The first-order valence-corrected chi connectivity index (χ1v) is 7.29. The van der Waals surface area contributed by atoms with Gasteiger partial charge >= 0.3 is 5.97 Å². The van der Waals surface area contributed by atoms with E-state index in [2.05, 4.69) is 11.7 Å². The van der Waals surface area contributed by atoms with Gasteiger partial charge in [-0.05, 0) is 29.9 Å². The van der Waals surface area contributed by atoms with Crippen LogP contribution in [-0.4, -0.2) is 18.8 Å². The molecule has 0 aliphatic carbocycles.